The van der Waals surface area contributed by atoms with Gasteiger partial charge in [0, 0.05) is 58.3 Å². The van der Waals surface area contributed by atoms with Crippen LogP contribution in [0.4, 0.5) is 0 Å². The molecule has 31 heavy (non-hydrogen) atoms. The van der Waals surface area contributed by atoms with Gasteiger partial charge in [0.05, 0.1) is 11.1 Å². The number of fused-ring (bicyclic) bond motifs is 2. The summed E-state index contributed by atoms with van der Waals surface area (Å²) in [7, 11) is 0. The highest BCUT2D eigenvalue weighted by atomic mass is 16.2. The summed E-state index contributed by atoms with van der Waals surface area (Å²) >= 11 is 0. The van der Waals surface area contributed by atoms with Crippen LogP contribution in [-0.4, -0.2) is 21.4 Å². The van der Waals surface area contributed by atoms with Crippen LogP contribution in [0.5, 0.6) is 0 Å². The van der Waals surface area contributed by atoms with Crippen molar-refractivity contribution in [2.75, 3.05) is 0 Å². The number of nitrogens with one attached hydrogen (secondary N) is 2. The summed E-state index contributed by atoms with van der Waals surface area (Å²) in [6.07, 6.45) is 11.8. The smallest absolute Gasteiger partial charge is 0.259 e. The number of hydrogen-bond donors (Lipinski definition) is 2. The van der Waals surface area contributed by atoms with Gasteiger partial charge in [-0.25, -0.2) is 0 Å². The van der Waals surface area contributed by atoms with E-state index in [0.717, 1.165) is 58.7 Å². The number of H-pyrrole nitrogens is 1. The Bertz CT molecular complexity index is 1410. The molecule has 0 saturated heterocycles. The van der Waals surface area contributed by atoms with Crippen LogP contribution in [0.15, 0.2) is 60.9 Å². The van der Waals surface area contributed by atoms with E-state index in [1.807, 2.05) is 54.7 Å². The summed E-state index contributed by atoms with van der Waals surface area (Å²) in [6, 6.07) is 15.8. The second-order valence-corrected chi connectivity index (χ2v) is 7.70. The van der Waals surface area contributed by atoms with Crippen LogP contribution in [0.1, 0.15) is 30.4 Å². The summed E-state index contributed by atoms with van der Waals surface area (Å²) in [5, 5.41) is 4.37. The lowest BCUT2D eigenvalue weighted by Crippen LogP contribution is -2.22. The molecule has 0 radical (unpaired) electrons. The zero-order valence-electron chi connectivity index (χ0n) is 16.9. The number of terminal acetylenes is 1. The standard InChI is InChI=1S/C26H21N3O2/c1-2-3-4-9-14-29-16-20(18-11-6-8-13-22(18)29)24-23(25(30)28-26(24)31)19-15-27-21-12-7-5-10-17(19)21/h1,5-8,10-13,15-16,27H,3-4,9,14H2,(H,28,30,31). The number of rotatable bonds is 6. The summed E-state index contributed by atoms with van der Waals surface area (Å²) in [5.74, 6) is 1.95. The molecule has 5 nitrogen and oxygen atoms in total. The molecule has 0 spiro atoms. The van der Waals surface area contributed by atoms with Crippen molar-refractivity contribution in [3.05, 3.63) is 72.1 Å². The molecule has 0 saturated carbocycles. The van der Waals surface area contributed by atoms with Crippen LogP contribution >= 0.6 is 0 Å². The average Bonchev–Trinajstić information content (AvgIpc) is 3.44. The molecule has 1 aliphatic heterocycles. The number of aromatic amines is 1. The zero-order valence-corrected chi connectivity index (χ0v) is 16.9. The summed E-state index contributed by atoms with van der Waals surface area (Å²) in [5.41, 5.74) is 4.31. The molecule has 0 aliphatic carbocycles. The molecule has 2 aromatic carbocycles. The van der Waals surface area contributed by atoms with Crippen LogP contribution in [0, 0.1) is 12.3 Å². The Balaban J connectivity index is 1.69. The highest BCUT2D eigenvalue weighted by Gasteiger charge is 2.34. The highest BCUT2D eigenvalue weighted by molar-refractivity contribution is 6.50. The van der Waals surface area contributed by atoms with Crippen molar-refractivity contribution in [3.8, 4) is 12.3 Å². The lowest BCUT2D eigenvalue weighted by Gasteiger charge is -2.04. The van der Waals surface area contributed by atoms with E-state index < -0.39 is 0 Å². The molecule has 0 unspecified atom stereocenters. The summed E-state index contributed by atoms with van der Waals surface area (Å²) < 4.78 is 2.15. The lowest BCUT2D eigenvalue weighted by atomic mass is 9.95. The first-order chi connectivity index (χ1) is 15.2. The maximum absolute atomic E-state index is 12.9. The second kappa shape index (κ2) is 7.66. The van der Waals surface area contributed by atoms with E-state index >= 15 is 0 Å². The third-order valence-corrected chi connectivity index (χ3v) is 5.82. The first kappa shape index (κ1) is 19.0. The predicted molar refractivity (Wildman–Crippen MR) is 123 cm³/mol. The Morgan fingerprint density at radius 1 is 0.871 bits per heavy atom. The Kier molecular flexibility index (Phi) is 4.68. The first-order valence-corrected chi connectivity index (χ1v) is 10.4. The number of unbranched alkanes of at least 4 members (excludes halogenated alkanes) is 2. The van der Waals surface area contributed by atoms with Crippen LogP contribution in [0.2, 0.25) is 0 Å². The number of nitrogens with zero attached hydrogens (tertiary/aromatic N) is 1. The number of para-hydroxylation sites is 2. The molecule has 4 aromatic rings. The number of aryl methyl sites for hydroxylation is 1. The van der Waals surface area contributed by atoms with Gasteiger partial charge in [0.2, 0.25) is 0 Å². The summed E-state index contributed by atoms with van der Waals surface area (Å²) in [4.78, 5) is 29.0. The van der Waals surface area contributed by atoms with Crippen LogP contribution in [-0.2, 0) is 16.1 Å². The van der Waals surface area contributed by atoms with Crippen molar-refractivity contribution in [2.24, 2.45) is 0 Å². The van der Waals surface area contributed by atoms with E-state index in [1.165, 1.54) is 0 Å². The van der Waals surface area contributed by atoms with Gasteiger partial charge in [0.25, 0.3) is 11.8 Å². The SMILES string of the molecule is C#CCCCCn1cc(C2=C(c3c[nH]c4ccccc34)C(=O)NC2=O)c2ccccc21. The minimum absolute atomic E-state index is 0.361. The van der Waals surface area contributed by atoms with Gasteiger partial charge in [-0.2, -0.15) is 0 Å². The topological polar surface area (TPSA) is 66.9 Å². The van der Waals surface area contributed by atoms with Crippen molar-refractivity contribution >= 4 is 44.8 Å². The van der Waals surface area contributed by atoms with E-state index in [4.69, 9.17) is 6.42 Å². The third-order valence-electron chi connectivity index (χ3n) is 5.82. The molecule has 2 N–H and O–H groups in total. The molecule has 0 atom stereocenters. The number of hydrogen-bond acceptors (Lipinski definition) is 2. The van der Waals surface area contributed by atoms with Gasteiger partial charge >= 0.3 is 0 Å². The molecule has 0 bridgehead atoms. The van der Waals surface area contributed by atoms with Crippen LogP contribution < -0.4 is 5.32 Å². The zero-order chi connectivity index (χ0) is 21.4. The van der Waals surface area contributed by atoms with Gasteiger partial charge in [-0.05, 0) is 25.0 Å². The fourth-order valence-corrected chi connectivity index (χ4v) is 4.39. The maximum Gasteiger partial charge on any atom is 0.259 e. The Morgan fingerprint density at radius 2 is 1.58 bits per heavy atom. The van der Waals surface area contributed by atoms with Gasteiger partial charge in [0.15, 0.2) is 0 Å². The molecule has 5 rings (SSSR count). The number of benzene rings is 2. The van der Waals surface area contributed by atoms with Gasteiger partial charge in [-0.3, -0.25) is 14.9 Å². The molecular weight excluding hydrogens is 386 g/mol. The van der Waals surface area contributed by atoms with Crippen molar-refractivity contribution < 1.29 is 9.59 Å². The Hall–Kier alpha value is -4.04. The summed E-state index contributed by atoms with van der Waals surface area (Å²) in [6.45, 7) is 0.799. The fraction of sp³-hybridized carbons (Fsp3) is 0.154. The minimum atomic E-state index is -0.365. The lowest BCUT2D eigenvalue weighted by molar-refractivity contribution is -0.122. The quantitative estimate of drug-likeness (QED) is 0.281. The normalized spacial score (nSPS) is 13.9. The van der Waals surface area contributed by atoms with E-state index in [0.29, 0.717) is 11.1 Å². The number of aromatic nitrogens is 2. The van der Waals surface area contributed by atoms with E-state index in [2.05, 4.69) is 20.8 Å². The third kappa shape index (κ3) is 3.13. The molecule has 2 amide bonds. The molecular formula is C26H21N3O2. The molecule has 1 aliphatic rings. The van der Waals surface area contributed by atoms with E-state index in [-0.39, 0.29) is 11.8 Å². The Morgan fingerprint density at radius 3 is 2.39 bits per heavy atom. The predicted octanol–water partition coefficient (Wildman–Crippen LogP) is 4.49. The van der Waals surface area contributed by atoms with Crippen molar-refractivity contribution in [3.63, 3.8) is 0 Å². The van der Waals surface area contributed by atoms with Gasteiger partial charge in [-0.1, -0.05) is 36.4 Å². The van der Waals surface area contributed by atoms with E-state index in [1.54, 1.807) is 6.20 Å². The van der Waals surface area contributed by atoms with Crippen molar-refractivity contribution in [1.82, 2.24) is 14.9 Å². The number of carbonyl (C=O) groups excluding carboxylic acids is 2. The number of carbonyl (C=O) groups is 2. The van der Waals surface area contributed by atoms with E-state index in [9.17, 15) is 9.59 Å². The Labute approximate surface area is 179 Å². The number of amides is 2. The molecule has 0 fully saturated rings. The molecule has 2 aromatic heterocycles. The maximum atomic E-state index is 12.9. The van der Waals surface area contributed by atoms with Crippen molar-refractivity contribution in [1.29, 1.82) is 0 Å². The van der Waals surface area contributed by atoms with Crippen LogP contribution in [0.25, 0.3) is 33.0 Å². The number of imide groups is 1. The average molecular weight is 407 g/mol. The molecule has 5 heteroatoms. The molecule has 152 valence electrons. The van der Waals surface area contributed by atoms with Gasteiger partial charge in [0.1, 0.15) is 0 Å². The van der Waals surface area contributed by atoms with Crippen LogP contribution in [0.3, 0.4) is 0 Å². The first-order valence-electron chi connectivity index (χ1n) is 10.4. The monoisotopic (exact) mass is 407 g/mol. The largest absolute Gasteiger partial charge is 0.361 e. The van der Waals surface area contributed by atoms with Gasteiger partial charge < -0.3 is 9.55 Å². The van der Waals surface area contributed by atoms with Gasteiger partial charge in [-0.15, -0.1) is 12.3 Å². The minimum Gasteiger partial charge on any atom is -0.361 e. The fourth-order valence-electron chi connectivity index (χ4n) is 4.39. The highest BCUT2D eigenvalue weighted by Crippen LogP contribution is 2.38. The molecule has 3 heterocycles. The van der Waals surface area contributed by atoms with Crippen molar-refractivity contribution in [2.45, 2.75) is 25.8 Å². The second-order valence-electron chi connectivity index (χ2n) is 7.70.